The molecule has 2 heterocycles. The van der Waals surface area contributed by atoms with Crippen LogP contribution in [0.15, 0.2) is 49.3 Å². The van der Waals surface area contributed by atoms with Crippen LogP contribution in [0.25, 0.3) is 0 Å². The first kappa shape index (κ1) is 20.7. The number of rotatable bonds is 10. The lowest BCUT2D eigenvalue weighted by Crippen LogP contribution is -2.11. The predicted octanol–water partition coefficient (Wildman–Crippen LogP) is 3.00. The van der Waals surface area contributed by atoms with E-state index in [1.54, 1.807) is 43.7 Å². The smallest absolute Gasteiger partial charge is 0.353 e. The van der Waals surface area contributed by atoms with E-state index in [0.717, 1.165) is 13.0 Å². The predicted molar refractivity (Wildman–Crippen MR) is 110 cm³/mol. The number of hydrogen-bond donors (Lipinski definition) is 2. The number of carbonyl (C=O) groups excluding carboxylic acids is 1. The van der Waals surface area contributed by atoms with Crippen LogP contribution < -0.4 is 10.6 Å². The summed E-state index contributed by atoms with van der Waals surface area (Å²) in [6.45, 7) is 3.23. The normalized spacial score (nSPS) is 10.4. The molecule has 11 heteroatoms. The molecule has 0 aliphatic carbocycles. The van der Waals surface area contributed by atoms with Crippen LogP contribution in [0.3, 0.4) is 0 Å². The van der Waals surface area contributed by atoms with Gasteiger partial charge in [0.1, 0.15) is 6.33 Å². The molecule has 30 heavy (non-hydrogen) atoms. The van der Waals surface area contributed by atoms with Crippen LogP contribution in [0.1, 0.15) is 23.7 Å². The summed E-state index contributed by atoms with van der Waals surface area (Å²) in [5.74, 6) is -0.249. The van der Waals surface area contributed by atoms with Crippen LogP contribution in [0.5, 0.6) is 0 Å². The maximum absolute atomic E-state index is 11.7. The number of imidazole rings is 1. The minimum atomic E-state index is -0.534. The SMILES string of the molecule is CCOC(=O)c1ccc(Nc2ncnc(NCCCn3ccnc3)c2[N+](=O)[O-])cc1. The number of ether oxygens (including phenoxy) is 1. The highest BCUT2D eigenvalue weighted by atomic mass is 16.6. The Morgan fingerprint density at radius 3 is 2.67 bits per heavy atom. The number of aryl methyl sites for hydroxylation is 1. The average molecular weight is 411 g/mol. The fourth-order valence-corrected chi connectivity index (χ4v) is 2.70. The molecule has 0 aliphatic rings. The van der Waals surface area contributed by atoms with Crippen molar-refractivity contribution in [1.82, 2.24) is 19.5 Å². The maximum atomic E-state index is 11.7. The lowest BCUT2D eigenvalue weighted by Gasteiger charge is -2.10. The first-order valence-electron chi connectivity index (χ1n) is 9.31. The second-order valence-electron chi connectivity index (χ2n) is 6.18. The highest BCUT2D eigenvalue weighted by molar-refractivity contribution is 5.90. The largest absolute Gasteiger partial charge is 0.462 e. The molecule has 0 aliphatic heterocycles. The minimum Gasteiger partial charge on any atom is -0.462 e. The highest BCUT2D eigenvalue weighted by Gasteiger charge is 2.23. The lowest BCUT2D eigenvalue weighted by molar-refractivity contribution is -0.383. The Morgan fingerprint density at radius 2 is 2.00 bits per heavy atom. The quantitative estimate of drug-likeness (QED) is 0.223. The fourth-order valence-electron chi connectivity index (χ4n) is 2.70. The Labute approximate surface area is 172 Å². The molecule has 0 radical (unpaired) electrons. The third-order valence-corrected chi connectivity index (χ3v) is 4.11. The Hall–Kier alpha value is -4.02. The number of carbonyl (C=O) groups is 1. The Kier molecular flexibility index (Phi) is 6.87. The van der Waals surface area contributed by atoms with Crippen LogP contribution in [0.2, 0.25) is 0 Å². The van der Waals surface area contributed by atoms with Crippen molar-refractivity contribution < 1.29 is 14.5 Å². The summed E-state index contributed by atoms with van der Waals surface area (Å²) in [6.07, 6.45) is 7.24. The van der Waals surface area contributed by atoms with Gasteiger partial charge in [-0.05, 0) is 37.6 Å². The van der Waals surface area contributed by atoms with E-state index < -0.39 is 10.9 Å². The Balaban J connectivity index is 1.69. The van der Waals surface area contributed by atoms with E-state index in [1.165, 1.54) is 6.33 Å². The monoisotopic (exact) mass is 411 g/mol. The van der Waals surface area contributed by atoms with Crippen molar-refractivity contribution in [2.75, 3.05) is 23.8 Å². The molecular formula is C19H21N7O4. The molecule has 3 rings (SSSR count). The molecule has 0 saturated heterocycles. The van der Waals surface area contributed by atoms with Gasteiger partial charge < -0.3 is 19.9 Å². The molecule has 0 amide bonds. The molecule has 0 atom stereocenters. The van der Waals surface area contributed by atoms with E-state index in [4.69, 9.17) is 4.74 Å². The number of anilines is 3. The summed E-state index contributed by atoms with van der Waals surface area (Å²) in [5.41, 5.74) is 0.672. The molecule has 3 aromatic rings. The van der Waals surface area contributed by atoms with E-state index in [1.807, 2.05) is 10.8 Å². The van der Waals surface area contributed by atoms with Gasteiger partial charge in [0.05, 0.1) is 23.4 Å². The van der Waals surface area contributed by atoms with Gasteiger partial charge in [-0.25, -0.2) is 19.7 Å². The third kappa shape index (κ3) is 5.28. The van der Waals surface area contributed by atoms with Gasteiger partial charge in [-0.1, -0.05) is 0 Å². The molecule has 2 aromatic heterocycles. The molecule has 156 valence electrons. The van der Waals surface area contributed by atoms with Crippen molar-refractivity contribution in [2.24, 2.45) is 0 Å². The lowest BCUT2D eigenvalue weighted by atomic mass is 10.2. The van der Waals surface area contributed by atoms with Gasteiger partial charge in [0.25, 0.3) is 0 Å². The van der Waals surface area contributed by atoms with Crippen molar-refractivity contribution in [3.05, 3.63) is 65.0 Å². The van der Waals surface area contributed by atoms with E-state index in [9.17, 15) is 14.9 Å². The standard InChI is InChI=1S/C19H21N7O4/c1-2-30-19(27)14-4-6-15(7-5-14)24-18-16(26(28)29)17(22-12-23-18)21-8-3-10-25-11-9-20-13-25/h4-7,9,11-13H,2-3,8,10H2,1H3,(H2,21,22,23,24). The average Bonchev–Trinajstić information content (AvgIpc) is 3.25. The zero-order chi connectivity index (χ0) is 21.3. The Bertz CT molecular complexity index is 991. The summed E-state index contributed by atoms with van der Waals surface area (Å²) in [4.78, 5) is 34.8. The molecule has 1 aromatic carbocycles. The zero-order valence-electron chi connectivity index (χ0n) is 16.3. The van der Waals surface area contributed by atoms with Crippen molar-refractivity contribution in [2.45, 2.75) is 19.9 Å². The number of benzene rings is 1. The molecular weight excluding hydrogens is 390 g/mol. The van der Waals surface area contributed by atoms with Gasteiger partial charge in [-0.3, -0.25) is 10.1 Å². The Morgan fingerprint density at radius 1 is 1.23 bits per heavy atom. The second-order valence-corrected chi connectivity index (χ2v) is 6.18. The van der Waals surface area contributed by atoms with Crippen LogP contribution >= 0.6 is 0 Å². The van der Waals surface area contributed by atoms with E-state index in [2.05, 4.69) is 25.6 Å². The topological polar surface area (TPSA) is 137 Å². The number of nitro groups is 1. The number of esters is 1. The van der Waals surface area contributed by atoms with Crippen molar-refractivity contribution >= 4 is 29.0 Å². The first-order chi connectivity index (χ1) is 14.6. The van der Waals surface area contributed by atoms with Gasteiger partial charge in [0.15, 0.2) is 0 Å². The third-order valence-electron chi connectivity index (χ3n) is 4.11. The first-order valence-corrected chi connectivity index (χ1v) is 9.31. The zero-order valence-corrected chi connectivity index (χ0v) is 16.3. The summed E-state index contributed by atoms with van der Waals surface area (Å²) in [6, 6.07) is 6.39. The summed E-state index contributed by atoms with van der Waals surface area (Å²) in [7, 11) is 0. The number of nitrogens with one attached hydrogen (secondary N) is 2. The van der Waals surface area contributed by atoms with Crippen molar-refractivity contribution in [3.8, 4) is 0 Å². The maximum Gasteiger partial charge on any atom is 0.353 e. The summed E-state index contributed by atoms with van der Waals surface area (Å²) in [5, 5.41) is 17.5. The minimum absolute atomic E-state index is 0.0518. The number of aromatic nitrogens is 4. The molecule has 11 nitrogen and oxygen atoms in total. The molecule has 2 N–H and O–H groups in total. The molecule has 0 unspecified atom stereocenters. The second kappa shape index (κ2) is 9.96. The van der Waals surface area contributed by atoms with Gasteiger partial charge in [0.2, 0.25) is 11.6 Å². The molecule has 0 spiro atoms. The van der Waals surface area contributed by atoms with Gasteiger partial charge in [-0.15, -0.1) is 0 Å². The molecule has 0 bridgehead atoms. The molecule has 0 saturated carbocycles. The van der Waals surface area contributed by atoms with Crippen molar-refractivity contribution in [1.29, 1.82) is 0 Å². The van der Waals surface area contributed by atoms with Gasteiger partial charge in [-0.2, -0.15) is 0 Å². The van der Waals surface area contributed by atoms with Crippen molar-refractivity contribution in [3.63, 3.8) is 0 Å². The van der Waals surface area contributed by atoms with Gasteiger partial charge in [0, 0.05) is 31.2 Å². The van der Waals surface area contributed by atoms with Crippen LogP contribution in [0.4, 0.5) is 23.0 Å². The van der Waals surface area contributed by atoms with E-state index in [-0.39, 0.29) is 23.9 Å². The summed E-state index contributed by atoms with van der Waals surface area (Å²) < 4.78 is 6.86. The number of nitrogens with zero attached hydrogens (tertiary/aromatic N) is 5. The van der Waals surface area contributed by atoms with Crippen LogP contribution in [-0.4, -0.2) is 43.6 Å². The van der Waals surface area contributed by atoms with Gasteiger partial charge >= 0.3 is 11.7 Å². The number of hydrogen-bond acceptors (Lipinski definition) is 9. The highest BCUT2D eigenvalue weighted by Crippen LogP contribution is 2.31. The van der Waals surface area contributed by atoms with E-state index >= 15 is 0 Å². The summed E-state index contributed by atoms with van der Waals surface area (Å²) >= 11 is 0. The fraction of sp³-hybridized carbons (Fsp3) is 0.263. The van der Waals surface area contributed by atoms with Crippen LogP contribution in [-0.2, 0) is 11.3 Å². The van der Waals surface area contributed by atoms with Crippen LogP contribution in [0, 0.1) is 10.1 Å². The molecule has 0 fully saturated rings. The van der Waals surface area contributed by atoms with E-state index in [0.29, 0.717) is 17.8 Å².